The summed E-state index contributed by atoms with van der Waals surface area (Å²) in [4.78, 5) is 29.6. The van der Waals surface area contributed by atoms with Gasteiger partial charge in [-0.1, -0.05) is 6.92 Å². The standard InChI is InChI=1S/C18H20N2O4S/c1-2-10-24-13-7-5-12(6-8-13)16-19-14(11-25-16)17(21)20-9-3-4-15(20)18(22)23/h5-8,11,15H,2-4,9-10H2,1H3,(H,22,23)/t15-/m1/s1. The number of aromatic nitrogens is 1. The normalized spacial score (nSPS) is 16.8. The number of rotatable bonds is 6. The molecule has 0 radical (unpaired) electrons. The second-order valence-electron chi connectivity index (χ2n) is 5.91. The molecule has 1 aromatic carbocycles. The van der Waals surface area contributed by atoms with Crippen LogP contribution in [0, 0.1) is 0 Å². The first-order valence-electron chi connectivity index (χ1n) is 8.32. The Hall–Kier alpha value is -2.41. The van der Waals surface area contributed by atoms with Gasteiger partial charge in [-0.2, -0.15) is 0 Å². The van der Waals surface area contributed by atoms with Crippen molar-refractivity contribution in [3.05, 3.63) is 35.3 Å². The molecule has 25 heavy (non-hydrogen) atoms. The van der Waals surface area contributed by atoms with Gasteiger partial charge in [0.25, 0.3) is 5.91 Å². The molecule has 0 spiro atoms. The van der Waals surface area contributed by atoms with Crippen LogP contribution < -0.4 is 4.74 Å². The monoisotopic (exact) mass is 360 g/mol. The summed E-state index contributed by atoms with van der Waals surface area (Å²) < 4.78 is 5.56. The fraction of sp³-hybridized carbons (Fsp3) is 0.389. The molecule has 6 nitrogen and oxygen atoms in total. The average Bonchev–Trinajstić information content (AvgIpc) is 3.29. The predicted molar refractivity (Wildman–Crippen MR) is 95.0 cm³/mol. The minimum absolute atomic E-state index is 0.305. The van der Waals surface area contributed by atoms with Crippen molar-refractivity contribution in [2.24, 2.45) is 0 Å². The number of benzene rings is 1. The molecular weight excluding hydrogens is 340 g/mol. The lowest BCUT2D eigenvalue weighted by Gasteiger charge is -2.20. The van der Waals surface area contributed by atoms with Crippen LogP contribution in [-0.2, 0) is 4.79 Å². The Morgan fingerprint density at radius 1 is 1.36 bits per heavy atom. The molecule has 1 atom stereocenters. The molecular formula is C18H20N2O4S. The van der Waals surface area contributed by atoms with Crippen LogP contribution in [0.4, 0.5) is 0 Å². The zero-order chi connectivity index (χ0) is 17.8. The minimum Gasteiger partial charge on any atom is -0.494 e. The van der Waals surface area contributed by atoms with Crippen molar-refractivity contribution < 1.29 is 19.4 Å². The Balaban J connectivity index is 1.73. The zero-order valence-electron chi connectivity index (χ0n) is 14.0. The molecule has 1 N–H and O–H groups in total. The average molecular weight is 360 g/mol. The molecule has 0 unspecified atom stereocenters. The molecule has 2 aromatic rings. The number of carbonyl (C=O) groups excluding carboxylic acids is 1. The number of carbonyl (C=O) groups is 2. The van der Waals surface area contributed by atoms with Crippen molar-refractivity contribution in [3.8, 4) is 16.3 Å². The summed E-state index contributed by atoms with van der Waals surface area (Å²) >= 11 is 1.38. The van der Waals surface area contributed by atoms with E-state index < -0.39 is 12.0 Å². The lowest BCUT2D eigenvalue weighted by molar-refractivity contribution is -0.141. The third-order valence-electron chi connectivity index (χ3n) is 4.10. The smallest absolute Gasteiger partial charge is 0.326 e. The van der Waals surface area contributed by atoms with Gasteiger partial charge in [0.05, 0.1) is 6.61 Å². The van der Waals surface area contributed by atoms with Crippen molar-refractivity contribution in [2.75, 3.05) is 13.2 Å². The molecule has 7 heteroatoms. The third-order valence-corrected chi connectivity index (χ3v) is 4.99. The molecule has 1 aromatic heterocycles. The molecule has 1 aliphatic heterocycles. The van der Waals surface area contributed by atoms with Gasteiger partial charge in [0.15, 0.2) is 0 Å². The summed E-state index contributed by atoms with van der Waals surface area (Å²) in [5, 5.41) is 11.7. The number of thiazole rings is 1. The van der Waals surface area contributed by atoms with Crippen molar-refractivity contribution in [1.82, 2.24) is 9.88 Å². The molecule has 0 bridgehead atoms. The Bertz CT molecular complexity index is 757. The maximum atomic E-state index is 12.6. The zero-order valence-corrected chi connectivity index (χ0v) is 14.8. The highest BCUT2D eigenvalue weighted by atomic mass is 32.1. The largest absolute Gasteiger partial charge is 0.494 e. The molecule has 1 aliphatic rings. The van der Waals surface area contributed by atoms with E-state index in [9.17, 15) is 14.7 Å². The van der Waals surface area contributed by atoms with Crippen LogP contribution >= 0.6 is 11.3 Å². The number of carboxylic acids is 1. The Morgan fingerprint density at radius 2 is 2.12 bits per heavy atom. The fourth-order valence-corrected chi connectivity index (χ4v) is 3.63. The molecule has 1 saturated heterocycles. The Labute approximate surface area is 150 Å². The van der Waals surface area contributed by atoms with Gasteiger partial charge in [-0.25, -0.2) is 9.78 Å². The molecule has 132 valence electrons. The molecule has 0 saturated carbocycles. The Morgan fingerprint density at radius 3 is 2.80 bits per heavy atom. The SMILES string of the molecule is CCCOc1ccc(-c2nc(C(=O)N3CCC[C@@H]3C(=O)O)cs2)cc1. The van der Waals surface area contributed by atoms with Gasteiger partial charge in [0, 0.05) is 17.5 Å². The second kappa shape index (κ2) is 7.65. The fourth-order valence-electron chi connectivity index (χ4n) is 2.83. The number of ether oxygens (including phenoxy) is 1. The van der Waals surface area contributed by atoms with E-state index in [-0.39, 0.29) is 5.91 Å². The van der Waals surface area contributed by atoms with Crippen LogP contribution in [0.1, 0.15) is 36.7 Å². The highest BCUT2D eigenvalue weighted by Crippen LogP contribution is 2.27. The van der Waals surface area contributed by atoms with Crippen LogP contribution in [0.2, 0.25) is 0 Å². The summed E-state index contributed by atoms with van der Waals surface area (Å²) in [5.74, 6) is -0.459. The minimum atomic E-state index is -0.955. The number of likely N-dealkylation sites (tertiary alicyclic amines) is 1. The van der Waals surface area contributed by atoms with Gasteiger partial charge in [-0.3, -0.25) is 4.79 Å². The van der Waals surface area contributed by atoms with E-state index in [0.29, 0.717) is 31.7 Å². The van der Waals surface area contributed by atoms with Gasteiger partial charge in [-0.05, 0) is 43.5 Å². The molecule has 1 amide bonds. The quantitative estimate of drug-likeness (QED) is 0.855. The van der Waals surface area contributed by atoms with Gasteiger partial charge in [-0.15, -0.1) is 11.3 Å². The van der Waals surface area contributed by atoms with E-state index >= 15 is 0 Å². The first-order valence-corrected chi connectivity index (χ1v) is 9.20. The van der Waals surface area contributed by atoms with Gasteiger partial charge >= 0.3 is 5.97 Å². The van der Waals surface area contributed by atoms with Crippen LogP contribution in [0.5, 0.6) is 5.75 Å². The van der Waals surface area contributed by atoms with Crippen molar-refractivity contribution in [3.63, 3.8) is 0 Å². The number of hydrogen-bond donors (Lipinski definition) is 1. The Kier molecular flexibility index (Phi) is 5.33. The van der Waals surface area contributed by atoms with Crippen LogP contribution in [0.15, 0.2) is 29.6 Å². The van der Waals surface area contributed by atoms with Crippen molar-refractivity contribution >= 4 is 23.2 Å². The van der Waals surface area contributed by atoms with Crippen LogP contribution in [0.25, 0.3) is 10.6 Å². The number of nitrogens with zero attached hydrogens (tertiary/aromatic N) is 2. The lowest BCUT2D eigenvalue weighted by Crippen LogP contribution is -2.40. The number of hydrogen-bond acceptors (Lipinski definition) is 5. The summed E-state index contributed by atoms with van der Waals surface area (Å²) in [5.41, 5.74) is 1.21. The highest BCUT2D eigenvalue weighted by molar-refractivity contribution is 7.13. The maximum absolute atomic E-state index is 12.6. The van der Waals surface area contributed by atoms with Gasteiger partial charge in [0.1, 0.15) is 22.5 Å². The van der Waals surface area contributed by atoms with E-state index in [4.69, 9.17) is 4.74 Å². The van der Waals surface area contributed by atoms with Crippen LogP contribution in [-0.4, -0.2) is 46.1 Å². The predicted octanol–water partition coefficient (Wildman–Crippen LogP) is 3.29. The van der Waals surface area contributed by atoms with Crippen molar-refractivity contribution in [1.29, 1.82) is 0 Å². The second-order valence-corrected chi connectivity index (χ2v) is 6.76. The summed E-state index contributed by atoms with van der Waals surface area (Å²) in [6.45, 7) is 3.19. The first-order chi connectivity index (χ1) is 12.1. The summed E-state index contributed by atoms with van der Waals surface area (Å²) in [6.07, 6.45) is 2.16. The van der Waals surface area contributed by atoms with E-state index in [2.05, 4.69) is 11.9 Å². The summed E-state index contributed by atoms with van der Waals surface area (Å²) in [6, 6.07) is 6.85. The van der Waals surface area contributed by atoms with Gasteiger partial charge < -0.3 is 14.7 Å². The number of aliphatic carboxylic acids is 1. The lowest BCUT2D eigenvalue weighted by atomic mass is 10.2. The molecule has 1 fully saturated rings. The maximum Gasteiger partial charge on any atom is 0.326 e. The molecule has 2 heterocycles. The van der Waals surface area contributed by atoms with E-state index in [1.165, 1.54) is 16.2 Å². The van der Waals surface area contributed by atoms with Crippen LogP contribution in [0.3, 0.4) is 0 Å². The molecule has 0 aliphatic carbocycles. The van der Waals surface area contributed by atoms with Crippen molar-refractivity contribution in [2.45, 2.75) is 32.2 Å². The summed E-state index contributed by atoms with van der Waals surface area (Å²) in [7, 11) is 0. The first kappa shape index (κ1) is 17.4. The topological polar surface area (TPSA) is 79.7 Å². The molecule has 3 rings (SSSR count). The highest BCUT2D eigenvalue weighted by Gasteiger charge is 2.35. The number of amides is 1. The van der Waals surface area contributed by atoms with E-state index in [0.717, 1.165) is 22.7 Å². The third kappa shape index (κ3) is 3.82. The van der Waals surface area contributed by atoms with E-state index in [1.54, 1.807) is 5.38 Å². The number of carboxylic acid groups (broad SMARTS) is 1. The van der Waals surface area contributed by atoms with Gasteiger partial charge in [0.2, 0.25) is 0 Å². The van der Waals surface area contributed by atoms with E-state index in [1.807, 2.05) is 24.3 Å².